The van der Waals surface area contributed by atoms with E-state index in [4.69, 9.17) is 15.0 Å². The van der Waals surface area contributed by atoms with Crippen molar-refractivity contribution in [3.05, 3.63) is 280 Å². The SMILES string of the molecule is C=C/C=C(\C=C)c1nc(-c2ccccc2)nc(-c2cc(-c3ccc(-c4ccccc4)cc3)c(-n3c4ccccc4c4ccc5c(c6ccccc6n5-c5ccccc5)c43)c(-c3ccc(-c4ccccc4)cc3)c2)n1. The third-order valence-electron chi connectivity index (χ3n) is 14.1. The van der Waals surface area contributed by atoms with E-state index >= 15 is 0 Å². The van der Waals surface area contributed by atoms with Crippen molar-refractivity contribution in [1.29, 1.82) is 0 Å². The molecule has 0 aliphatic rings. The van der Waals surface area contributed by atoms with Crippen LogP contribution in [0.5, 0.6) is 0 Å². The summed E-state index contributed by atoms with van der Waals surface area (Å²) in [6.45, 7) is 8.16. The molecule has 0 fully saturated rings. The average Bonchev–Trinajstić information content (AvgIpc) is 4.06. The van der Waals surface area contributed by atoms with Crippen LogP contribution >= 0.6 is 0 Å². The summed E-state index contributed by atoms with van der Waals surface area (Å²) >= 11 is 0. The van der Waals surface area contributed by atoms with Gasteiger partial charge in [0.1, 0.15) is 0 Å². The highest BCUT2D eigenvalue weighted by Gasteiger charge is 2.26. The van der Waals surface area contributed by atoms with Crippen LogP contribution in [0.2, 0.25) is 0 Å². The van der Waals surface area contributed by atoms with Crippen LogP contribution in [0.3, 0.4) is 0 Å². The molecule has 0 bridgehead atoms. The molecule has 0 aliphatic carbocycles. The minimum Gasteiger partial charge on any atom is -0.309 e. The van der Waals surface area contributed by atoms with E-state index in [1.807, 2.05) is 36.4 Å². The molecule has 0 amide bonds. The quantitative estimate of drug-likeness (QED) is 0.121. The number of para-hydroxylation sites is 3. The standard InChI is InChI=1S/C69H47N5/c1-3-21-46(4-2)67-70-68(53-26-13-7-14-27-53)72-69(71-67)54-44-59(51-38-34-49(35-39-51)47-22-9-5-10-23-47)65(60(45-54)52-40-36-50(37-41-52)48-24-11-6-12-25-48)74-61-32-19-17-30-56(61)57-42-43-63-64(66(57)74)58-31-18-20-33-62(58)73(63)55-28-15-8-16-29-55/h3-45H,1-2H2/b46-21+. The van der Waals surface area contributed by atoms with E-state index < -0.39 is 0 Å². The first-order valence-corrected chi connectivity index (χ1v) is 24.9. The summed E-state index contributed by atoms with van der Waals surface area (Å²) in [6.07, 6.45) is 5.41. The van der Waals surface area contributed by atoms with Gasteiger partial charge in [0.25, 0.3) is 0 Å². The molecule has 13 aromatic rings. The maximum Gasteiger partial charge on any atom is 0.164 e. The van der Waals surface area contributed by atoms with E-state index in [0.29, 0.717) is 17.5 Å². The molecule has 0 saturated heterocycles. The number of hydrogen-bond acceptors (Lipinski definition) is 3. The predicted octanol–water partition coefficient (Wildman–Crippen LogP) is 17.8. The second kappa shape index (κ2) is 18.7. The van der Waals surface area contributed by atoms with Crippen LogP contribution in [0.4, 0.5) is 0 Å². The molecule has 5 heteroatoms. The maximum atomic E-state index is 5.31. The lowest BCUT2D eigenvalue weighted by Gasteiger charge is -2.22. The highest BCUT2D eigenvalue weighted by Crippen LogP contribution is 2.47. The van der Waals surface area contributed by atoms with Crippen LogP contribution in [-0.2, 0) is 0 Å². The molecule has 13 rings (SSSR count). The van der Waals surface area contributed by atoms with Crippen molar-refractivity contribution in [2.24, 2.45) is 0 Å². The van der Waals surface area contributed by atoms with Crippen LogP contribution in [0.1, 0.15) is 5.82 Å². The fourth-order valence-corrected chi connectivity index (χ4v) is 10.7. The average molecular weight is 946 g/mol. The third-order valence-corrected chi connectivity index (χ3v) is 14.1. The van der Waals surface area contributed by atoms with Gasteiger partial charge in [0.05, 0.1) is 27.8 Å². The number of nitrogens with zero attached hydrogens (tertiary/aromatic N) is 5. The van der Waals surface area contributed by atoms with Gasteiger partial charge in [-0.1, -0.05) is 232 Å². The zero-order valence-corrected chi connectivity index (χ0v) is 40.5. The Labute approximate surface area is 429 Å². The molecular formula is C69H47N5. The molecule has 348 valence electrons. The Kier molecular flexibility index (Phi) is 11.1. The smallest absolute Gasteiger partial charge is 0.164 e. The second-order valence-electron chi connectivity index (χ2n) is 18.4. The zero-order valence-electron chi connectivity index (χ0n) is 40.5. The summed E-state index contributed by atoms with van der Waals surface area (Å²) in [4.78, 5) is 15.6. The van der Waals surface area contributed by atoms with Gasteiger partial charge in [0.15, 0.2) is 17.5 Å². The van der Waals surface area contributed by atoms with Crippen LogP contribution in [0.25, 0.3) is 128 Å². The molecule has 3 aromatic heterocycles. The van der Waals surface area contributed by atoms with Crippen molar-refractivity contribution < 1.29 is 0 Å². The molecule has 0 aliphatic heterocycles. The van der Waals surface area contributed by atoms with Gasteiger partial charge in [0.2, 0.25) is 0 Å². The predicted molar refractivity (Wildman–Crippen MR) is 309 cm³/mol. The van der Waals surface area contributed by atoms with Crippen molar-refractivity contribution in [3.63, 3.8) is 0 Å². The molecule has 74 heavy (non-hydrogen) atoms. The fraction of sp³-hybridized carbons (Fsp3) is 0. The monoisotopic (exact) mass is 945 g/mol. The van der Waals surface area contributed by atoms with Crippen molar-refractivity contribution >= 4 is 49.2 Å². The molecule has 0 unspecified atom stereocenters. The summed E-state index contributed by atoms with van der Waals surface area (Å²) in [5.41, 5.74) is 17.8. The van der Waals surface area contributed by atoms with Crippen LogP contribution in [0, 0.1) is 0 Å². The highest BCUT2D eigenvalue weighted by atomic mass is 15.0. The molecular weight excluding hydrogens is 899 g/mol. The normalized spacial score (nSPS) is 11.7. The van der Waals surface area contributed by atoms with Gasteiger partial charge in [-0.2, -0.15) is 0 Å². The maximum absolute atomic E-state index is 5.31. The number of benzene rings is 10. The van der Waals surface area contributed by atoms with Gasteiger partial charge in [-0.3, -0.25) is 0 Å². The first-order valence-electron chi connectivity index (χ1n) is 24.9. The van der Waals surface area contributed by atoms with E-state index in [2.05, 4.69) is 235 Å². The number of aromatic nitrogens is 5. The summed E-state index contributed by atoms with van der Waals surface area (Å²) in [6, 6.07) is 86.7. The summed E-state index contributed by atoms with van der Waals surface area (Å²) < 4.78 is 4.94. The number of hydrogen-bond donors (Lipinski definition) is 0. The lowest BCUT2D eigenvalue weighted by Crippen LogP contribution is -2.05. The third kappa shape index (κ3) is 7.63. The molecule has 3 heterocycles. The molecule has 0 N–H and O–H groups in total. The zero-order chi connectivity index (χ0) is 49.5. The number of fused-ring (bicyclic) bond motifs is 7. The molecule has 0 spiro atoms. The Morgan fingerprint density at radius 3 is 1.38 bits per heavy atom. The van der Waals surface area contributed by atoms with Gasteiger partial charge < -0.3 is 9.13 Å². The molecule has 0 radical (unpaired) electrons. The first kappa shape index (κ1) is 44.0. The van der Waals surface area contributed by atoms with E-state index in [-0.39, 0.29) is 0 Å². The van der Waals surface area contributed by atoms with Gasteiger partial charge in [-0.25, -0.2) is 15.0 Å². The number of rotatable bonds is 11. The minimum absolute atomic E-state index is 0.509. The van der Waals surface area contributed by atoms with Crippen LogP contribution in [0.15, 0.2) is 274 Å². The summed E-state index contributed by atoms with van der Waals surface area (Å²) in [5.74, 6) is 1.61. The summed E-state index contributed by atoms with van der Waals surface area (Å²) in [5, 5.41) is 4.70. The molecule has 10 aromatic carbocycles. The Morgan fingerprint density at radius 2 is 0.824 bits per heavy atom. The van der Waals surface area contributed by atoms with Gasteiger partial charge in [-0.15, -0.1) is 0 Å². The van der Waals surface area contributed by atoms with Gasteiger partial charge >= 0.3 is 0 Å². The van der Waals surface area contributed by atoms with Crippen LogP contribution < -0.4 is 0 Å². The van der Waals surface area contributed by atoms with Gasteiger partial charge in [0, 0.05) is 55.1 Å². The van der Waals surface area contributed by atoms with E-state index in [1.54, 1.807) is 12.2 Å². The summed E-state index contributed by atoms with van der Waals surface area (Å²) in [7, 11) is 0. The van der Waals surface area contributed by atoms with E-state index in [0.717, 1.165) is 94.6 Å². The minimum atomic E-state index is 0.509. The van der Waals surface area contributed by atoms with E-state index in [1.165, 1.54) is 21.5 Å². The highest BCUT2D eigenvalue weighted by molar-refractivity contribution is 6.26. The molecule has 5 nitrogen and oxygen atoms in total. The number of allylic oxidation sites excluding steroid dienone is 4. The van der Waals surface area contributed by atoms with Crippen molar-refractivity contribution in [1.82, 2.24) is 24.1 Å². The largest absolute Gasteiger partial charge is 0.309 e. The Bertz CT molecular complexity index is 4180. The lowest BCUT2D eigenvalue weighted by atomic mass is 9.91. The van der Waals surface area contributed by atoms with Crippen molar-refractivity contribution in [2.75, 3.05) is 0 Å². The van der Waals surface area contributed by atoms with Crippen molar-refractivity contribution in [2.45, 2.75) is 0 Å². The fourth-order valence-electron chi connectivity index (χ4n) is 10.7. The Hall–Kier alpha value is -9.97. The topological polar surface area (TPSA) is 48.5 Å². The van der Waals surface area contributed by atoms with Gasteiger partial charge in [-0.05, 0) is 75.8 Å². The Balaban J connectivity index is 1.19. The van der Waals surface area contributed by atoms with Crippen molar-refractivity contribution in [3.8, 4) is 78.7 Å². The Morgan fingerprint density at radius 1 is 0.365 bits per heavy atom. The lowest BCUT2D eigenvalue weighted by molar-refractivity contribution is 1.04. The van der Waals surface area contributed by atoms with E-state index in [9.17, 15) is 0 Å². The van der Waals surface area contributed by atoms with Crippen LogP contribution in [-0.4, -0.2) is 24.1 Å². The first-order chi connectivity index (χ1) is 36.6. The second-order valence-corrected chi connectivity index (χ2v) is 18.4. The molecule has 0 atom stereocenters. The molecule has 0 saturated carbocycles.